The largest absolute Gasteiger partial charge is 0.435 e. The average molecular weight is 456 g/mol. The van der Waals surface area contributed by atoms with E-state index in [2.05, 4.69) is 76.3 Å². The van der Waals surface area contributed by atoms with Crippen LogP contribution in [0.15, 0.2) is 47.1 Å². The third kappa shape index (κ3) is 3.56. The lowest BCUT2D eigenvalue weighted by Gasteiger charge is -2.22. The van der Waals surface area contributed by atoms with Gasteiger partial charge in [0.25, 0.3) is 0 Å². The van der Waals surface area contributed by atoms with E-state index in [0.717, 1.165) is 45.1 Å². The van der Waals surface area contributed by atoms with Crippen LogP contribution in [0.1, 0.15) is 58.8 Å². The number of fused-ring (bicyclic) bond motifs is 3. The molecule has 0 aliphatic rings. The first-order chi connectivity index (χ1) is 15.9. The molecule has 0 saturated heterocycles. The van der Waals surface area contributed by atoms with E-state index in [-0.39, 0.29) is 10.8 Å². The lowest BCUT2D eigenvalue weighted by Crippen LogP contribution is -2.30. The summed E-state index contributed by atoms with van der Waals surface area (Å²) in [6, 6.07) is 10.3. The molecular formula is C27H31N6O+. The van der Waals surface area contributed by atoms with Gasteiger partial charge in [0.1, 0.15) is 29.8 Å². The standard InChI is InChI=1S/C27H31N6O/c1-16-12-13-19-21(20(16)18-11-9-10-14-32(18)8)34-23-17(15-28-33(19)23)22-29-24(26(2,3)4)31-25(30-22)27(5,6)7/h9-15H,1-8H3/q+1. The van der Waals surface area contributed by atoms with Crippen LogP contribution in [-0.4, -0.2) is 24.6 Å². The lowest BCUT2D eigenvalue weighted by molar-refractivity contribution is -0.660. The fourth-order valence-corrected chi connectivity index (χ4v) is 4.07. The van der Waals surface area contributed by atoms with Crippen LogP contribution in [0.4, 0.5) is 0 Å². The molecule has 0 spiro atoms. The summed E-state index contributed by atoms with van der Waals surface area (Å²) in [4.78, 5) is 14.5. The summed E-state index contributed by atoms with van der Waals surface area (Å²) in [5.74, 6) is 2.10. The number of aryl methyl sites for hydroxylation is 2. The molecule has 4 heterocycles. The Bertz CT molecular complexity index is 1510. The Morgan fingerprint density at radius 2 is 1.56 bits per heavy atom. The van der Waals surface area contributed by atoms with Gasteiger partial charge in [-0.25, -0.2) is 19.5 Å². The van der Waals surface area contributed by atoms with Gasteiger partial charge in [-0.2, -0.15) is 9.61 Å². The highest BCUT2D eigenvalue weighted by Gasteiger charge is 2.28. The Morgan fingerprint density at radius 1 is 0.882 bits per heavy atom. The summed E-state index contributed by atoms with van der Waals surface area (Å²) in [6.45, 7) is 14.8. The first-order valence-electron chi connectivity index (χ1n) is 11.6. The highest BCUT2D eigenvalue weighted by Crippen LogP contribution is 2.36. The molecule has 7 heteroatoms. The van der Waals surface area contributed by atoms with E-state index in [4.69, 9.17) is 19.4 Å². The summed E-state index contributed by atoms with van der Waals surface area (Å²) in [5.41, 5.74) is 5.93. The van der Waals surface area contributed by atoms with Crippen molar-refractivity contribution < 1.29 is 8.98 Å². The van der Waals surface area contributed by atoms with Gasteiger partial charge in [0, 0.05) is 23.0 Å². The molecule has 1 aromatic carbocycles. The third-order valence-corrected chi connectivity index (χ3v) is 6.03. The van der Waals surface area contributed by atoms with Crippen molar-refractivity contribution >= 4 is 16.8 Å². The Hall–Kier alpha value is -3.61. The molecular weight excluding hydrogens is 424 g/mol. The molecule has 0 atom stereocenters. The summed E-state index contributed by atoms with van der Waals surface area (Å²) in [6.07, 6.45) is 3.83. The number of hydrogen-bond donors (Lipinski definition) is 0. The Balaban J connectivity index is 1.79. The summed E-state index contributed by atoms with van der Waals surface area (Å²) >= 11 is 0. The Morgan fingerprint density at radius 3 is 2.18 bits per heavy atom. The van der Waals surface area contributed by atoms with Crippen molar-refractivity contribution in [3.8, 4) is 22.6 Å². The molecule has 174 valence electrons. The second-order valence-electron chi connectivity index (χ2n) is 11.0. The molecule has 0 amide bonds. The minimum Gasteiger partial charge on any atom is -0.435 e. The van der Waals surface area contributed by atoms with Crippen molar-refractivity contribution in [2.75, 3.05) is 0 Å². The third-order valence-electron chi connectivity index (χ3n) is 6.03. The second-order valence-corrected chi connectivity index (χ2v) is 11.0. The minimum absolute atomic E-state index is 0.218. The van der Waals surface area contributed by atoms with Crippen LogP contribution in [0.25, 0.3) is 39.5 Å². The molecule has 0 aliphatic heterocycles. The van der Waals surface area contributed by atoms with Crippen molar-refractivity contribution in [2.45, 2.75) is 59.3 Å². The van der Waals surface area contributed by atoms with Crippen LogP contribution in [0.5, 0.6) is 0 Å². The lowest BCUT2D eigenvalue weighted by atomic mass is 9.93. The predicted octanol–water partition coefficient (Wildman–Crippen LogP) is 5.33. The molecule has 0 radical (unpaired) electrons. The molecule has 0 bridgehead atoms. The van der Waals surface area contributed by atoms with Crippen molar-refractivity contribution in [2.24, 2.45) is 7.05 Å². The van der Waals surface area contributed by atoms with Crippen LogP contribution in [0.2, 0.25) is 0 Å². The molecule has 7 nitrogen and oxygen atoms in total. The number of aromatic nitrogens is 6. The number of pyridine rings is 1. The fourth-order valence-electron chi connectivity index (χ4n) is 4.07. The molecule has 5 rings (SSSR count). The fraction of sp³-hybridized carbons (Fsp3) is 0.370. The maximum Gasteiger partial charge on any atom is 0.234 e. The van der Waals surface area contributed by atoms with Crippen LogP contribution >= 0.6 is 0 Å². The average Bonchev–Trinajstić information content (AvgIpc) is 3.32. The van der Waals surface area contributed by atoms with E-state index in [0.29, 0.717) is 11.5 Å². The van der Waals surface area contributed by atoms with Crippen molar-refractivity contribution in [3.63, 3.8) is 0 Å². The van der Waals surface area contributed by atoms with Crippen molar-refractivity contribution in [3.05, 3.63) is 59.9 Å². The first-order valence-corrected chi connectivity index (χ1v) is 11.6. The van der Waals surface area contributed by atoms with Gasteiger partial charge in [0.15, 0.2) is 17.6 Å². The molecule has 5 aromatic rings. The van der Waals surface area contributed by atoms with Gasteiger partial charge in [-0.15, -0.1) is 0 Å². The topological polar surface area (TPSA) is 73.0 Å². The molecule has 4 aromatic heterocycles. The van der Waals surface area contributed by atoms with Gasteiger partial charge in [-0.05, 0) is 24.6 Å². The van der Waals surface area contributed by atoms with Crippen LogP contribution in [0, 0.1) is 6.92 Å². The normalized spacial score (nSPS) is 12.7. The van der Waals surface area contributed by atoms with Crippen LogP contribution in [0.3, 0.4) is 0 Å². The zero-order valence-corrected chi connectivity index (χ0v) is 21.1. The number of oxazole rings is 1. The van der Waals surface area contributed by atoms with E-state index in [1.165, 1.54) is 0 Å². The Labute approximate surface area is 199 Å². The van der Waals surface area contributed by atoms with E-state index in [1.54, 1.807) is 6.20 Å². The smallest absolute Gasteiger partial charge is 0.234 e. The number of hydrogen-bond acceptors (Lipinski definition) is 5. The van der Waals surface area contributed by atoms with Crippen LogP contribution < -0.4 is 4.57 Å². The Kier molecular flexibility index (Phi) is 4.86. The molecule has 34 heavy (non-hydrogen) atoms. The second kappa shape index (κ2) is 7.45. The first kappa shape index (κ1) is 22.2. The maximum atomic E-state index is 6.54. The molecule has 0 aliphatic carbocycles. The summed E-state index contributed by atoms with van der Waals surface area (Å²) in [5, 5.41) is 4.67. The maximum absolute atomic E-state index is 6.54. The van der Waals surface area contributed by atoms with Crippen molar-refractivity contribution in [1.29, 1.82) is 0 Å². The van der Waals surface area contributed by atoms with E-state index in [9.17, 15) is 0 Å². The van der Waals surface area contributed by atoms with E-state index < -0.39 is 0 Å². The zero-order chi connectivity index (χ0) is 24.4. The molecule has 0 saturated carbocycles. The molecule has 0 fully saturated rings. The van der Waals surface area contributed by atoms with Gasteiger partial charge in [-0.3, -0.25) is 0 Å². The number of nitrogens with zero attached hydrogens (tertiary/aromatic N) is 6. The van der Waals surface area contributed by atoms with Gasteiger partial charge in [-0.1, -0.05) is 47.6 Å². The quantitative estimate of drug-likeness (QED) is 0.337. The van der Waals surface area contributed by atoms with E-state index >= 15 is 0 Å². The minimum atomic E-state index is -0.218. The highest BCUT2D eigenvalue weighted by molar-refractivity contribution is 5.94. The van der Waals surface area contributed by atoms with Gasteiger partial charge < -0.3 is 4.42 Å². The number of rotatable bonds is 2. The summed E-state index contributed by atoms with van der Waals surface area (Å²) < 4.78 is 10.5. The predicted molar refractivity (Wildman–Crippen MR) is 133 cm³/mol. The number of benzene rings is 1. The van der Waals surface area contributed by atoms with Crippen molar-refractivity contribution in [1.82, 2.24) is 24.6 Å². The SMILES string of the molecule is Cc1ccc2c(oc3c(-c4nc(C(C)(C)C)nc(C(C)(C)C)n4)cnn32)c1-c1cccc[n+]1C. The molecule has 0 N–H and O–H groups in total. The van der Waals surface area contributed by atoms with Gasteiger partial charge >= 0.3 is 0 Å². The molecule has 0 unspecified atom stereocenters. The van der Waals surface area contributed by atoms with Gasteiger partial charge in [0.2, 0.25) is 11.4 Å². The summed E-state index contributed by atoms with van der Waals surface area (Å²) in [7, 11) is 2.04. The monoisotopic (exact) mass is 455 g/mol. The van der Waals surface area contributed by atoms with E-state index in [1.807, 2.05) is 29.9 Å². The highest BCUT2D eigenvalue weighted by atomic mass is 16.3. The van der Waals surface area contributed by atoms with Gasteiger partial charge in [0.05, 0.1) is 11.8 Å². The zero-order valence-electron chi connectivity index (χ0n) is 21.1. The van der Waals surface area contributed by atoms with Crippen LogP contribution in [-0.2, 0) is 17.9 Å².